The first-order valence-electron chi connectivity index (χ1n) is 10.4. The summed E-state index contributed by atoms with van der Waals surface area (Å²) in [5, 5.41) is 9.34. The second-order valence-electron chi connectivity index (χ2n) is 7.68. The van der Waals surface area contributed by atoms with Crippen LogP contribution in [-0.4, -0.2) is 35.2 Å². The molecule has 0 saturated carbocycles. The van der Waals surface area contributed by atoms with Gasteiger partial charge in [-0.05, 0) is 47.4 Å². The molecule has 3 aromatic carbocycles. The lowest BCUT2D eigenvalue weighted by Crippen LogP contribution is -2.41. The Morgan fingerprint density at radius 2 is 1.82 bits per heavy atom. The smallest absolute Gasteiger partial charge is 0.410 e. The molecule has 6 nitrogen and oxygen atoms in total. The van der Waals surface area contributed by atoms with Crippen molar-refractivity contribution in [2.24, 2.45) is 0 Å². The van der Waals surface area contributed by atoms with Gasteiger partial charge in [-0.3, -0.25) is 4.90 Å². The molecule has 0 bridgehead atoms. The van der Waals surface area contributed by atoms with E-state index in [-0.39, 0.29) is 30.9 Å². The van der Waals surface area contributed by atoms with Crippen molar-refractivity contribution < 1.29 is 33.0 Å². The minimum absolute atomic E-state index is 0.0193. The standard InChI is InChI=1S/C25H20ClF2NO5/c26-16-6-9-21(33-14-22(30)31)19(12-16)24-18-7-8-20(27)23(28)17(18)10-11-29(24)25(32)34-13-15-4-2-1-3-5-15/h1-9,12,24H,10-11,13-14H2,(H,30,31). The number of rotatable bonds is 6. The molecule has 34 heavy (non-hydrogen) atoms. The number of carbonyl (C=O) groups is 2. The van der Waals surface area contributed by atoms with Gasteiger partial charge < -0.3 is 14.6 Å². The van der Waals surface area contributed by atoms with Crippen molar-refractivity contribution in [3.63, 3.8) is 0 Å². The number of nitrogens with zero attached hydrogens (tertiary/aromatic N) is 1. The van der Waals surface area contributed by atoms with Crippen LogP contribution in [0.15, 0.2) is 60.7 Å². The van der Waals surface area contributed by atoms with Gasteiger partial charge in [0, 0.05) is 17.1 Å². The molecule has 0 aliphatic carbocycles. The summed E-state index contributed by atoms with van der Waals surface area (Å²) >= 11 is 6.21. The number of benzene rings is 3. The van der Waals surface area contributed by atoms with Gasteiger partial charge in [-0.15, -0.1) is 0 Å². The number of halogens is 3. The van der Waals surface area contributed by atoms with E-state index in [1.165, 1.54) is 29.2 Å². The van der Waals surface area contributed by atoms with Crippen LogP contribution in [0.4, 0.5) is 13.6 Å². The molecule has 1 aliphatic heterocycles. The van der Waals surface area contributed by atoms with Crippen molar-refractivity contribution in [3.05, 3.63) is 99.6 Å². The predicted octanol–water partition coefficient (Wildman–Crippen LogP) is 5.37. The molecule has 1 amide bonds. The molecule has 0 saturated heterocycles. The number of hydrogen-bond donors (Lipinski definition) is 1. The highest BCUT2D eigenvalue weighted by molar-refractivity contribution is 6.30. The first-order chi connectivity index (χ1) is 16.3. The molecule has 1 N–H and O–H groups in total. The topological polar surface area (TPSA) is 76.1 Å². The Kier molecular flexibility index (Phi) is 6.98. The van der Waals surface area contributed by atoms with E-state index >= 15 is 0 Å². The maximum atomic E-state index is 14.7. The van der Waals surface area contributed by atoms with Crippen molar-refractivity contribution in [1.29, 1.82) is 0 Å². The summed E-state index contributed by atoms with van der Waals surface area (Å²) in [7, 11) is 0. The van der Waals surface area contributed by atoms with Gasteiger partial charge in [0.2, 0.25) is 0 Å². The zero-order valence-electron chi connectivity index (χ0n) is 17.8. The van der Waals surface area contributed by atoms with Gasteiger partial charge in [-0.2, -0.15) is 0 Å². The SMILES string of the molecule is O=C(O)COc1ccc(Cl)cc1C1c2ccc(F)c(F)c2CCN1C(=O)OCc1ccccc1. The second kappa shape index (κ2) is 10.1. The maximum Gasteiger partial charge on any atom is 0.410 e. The molecule has 0 aromatic heterocycles. The highest BCUT2D eigenvalue weighted by Crippen LogP contribution is 2.42. The number of hydrogen-bond acceptors (Lipinski definition) is 4. The molecule has 4 rings (SSSR count). The third-order valence-corrected chi connectivity index (χ3v) is 5.73. The first-order valence-corrected chi connectivity index (χ1v) is 10.8. The highest BCUT2D eigenvalue weighted by atomic mass is 35.5. The fraction of sp³-hybridized carbons (Fsp3) is 0.200. The number of ether oxygens (including phenoxy) is 2. The van der Waals surface area contributed by atoms with Gasteiger partial charge in [0.05, 0.1) is 6.04 Å². The van der Waals surface area contributed by atoms with Gasteiger partial charge in [0.1, 0.15) is 12.4 Å². The molecule has 1 unspecified atom stereocenters. The molecule has 0 radical (unpaired) electrons. The fourth-order valence-corrected chi connectivity index (χ4v) is 4.17. The minimum atomic E-state index is -1.20. The summed E-state index contributed by atoms with van der Waals surface area (Å²) in [5.74, 6) is -3.03. The van der Waals surface area contributed by atoms with Crippen molar-refractivity contribution in [3.8, 4) is 5.75 Å². The second-order valence-corrected chi connectivity index (χ2v) is 8.12. The van der Waals surface area contributed by atoms with E-state index in [1.54, 1.807) is 0 Å². The van der Waals surface area contributed by atoms with E-state index in [9.17, 15) is 18.4 Å². The summed E-state index contributed by atoms with van der Waals surface area (Å²) in [6, 6.07) is 15.0. The number of aliphatic carboxylic acids is 1. The Morgan fingerprint density at radius 3 is 2.56 bits per heavy atom. The average Bonchev–Trinajstić information content (AvgIpc) is 2.84. The van der Waals surface area contributed by atoms with Crippen LogP contribution in [0.1, 0.15) is 28.3 Å². The minimum Gasteiger partial charge on any atom is -0.482 e. The van der Waals surface area contributed by atoms with Gasteiger partial charge in [-0.25, -0.2) is 18.4 Å². The van der Waals surface area contributed by atoms with Crippen LogP contribution < -0.4 is 4.74 Å². The third kappa shape index (κ3) is 4.97. The number of carboxylic acids is 1. The third-order valence-electron chi connectivity index (χ3n) is 5.50. The van der Waals surface area contributed by atoms with E-state index in [1.807, 2.05) is 30.3 Å². The number of carboxylic acid groups (broad SMARTS) is 1. The summed E-state index contributed by atoms with van der Waals surface area (Å²) in [6.45, 7) is -0.577. The lowest BCUT2D eigenvalue weighted by molar-refractivity contribution is -0.139. The Labute approximate surface area is 199 Å². The molecule has 176 valence electrons. The van der Waals surface area contributed by atoms with Crippen LogP contribution in [0, 0.1) is 11.6 Å². The quantitative estimate of drug-likeness (QED) is 0.506. The fourth-order valence-electron chi connectivity index (χ4n) is 3.99. The van der Waals surface area contributed by atoms with Crippen LogP contribution in [0.3, 0.4) is 0 Å². The van der Waals surface area contributed by atoms with E-state index in [0.717, 1.165) is 11.6 Å². The lowest BCUT2D eigenvalue weighted by atomic mass is 9.87. The van der Waals surface area contributed by atoms with Crippen LogP contribution in [0.2, 0.25) is 5.02 Å². The first kappa shape index (κ1) is 23.5. The zero-order valence-corrected chi connectivity index (χ0v) is 18.6. The summed E-state index contributed by atoms with van der Waals surface area (Å²) in [4.78, 5) is 25.6. The molecule has 3 aromatic rings. The van der Waals surface area contributed by atoms with E-state index in [0.29, 0.717) is 16.1 Å². The van der Waals surface area contributed by atoms with E-state index in [4.69, 9.17) is 26.2 Å². The Bertz CT molecular complexity index is 1220. The molecule has 9 heteroatoms. The van der Waals surface area contributed by atoms with Crippen LogP contribution in [0.25, 0.3) is 0 Å². The summed E-state index contributed by atoms with van der Waals surface area (Å²) in [6.07, 6.45) is -0.602. The van der Waals surface area contributed by atoms with E-state index in [2.05, 4.69) is 0 Å². The number of amides is 1. The van der Waals surface area contributed by atoms with Crippen LogP contribution in [0.5, 0.6) is 5.75 Å². The molecular weight excluding hydrogens is 468 g/mol. The highest BCUT2D eigenvalue weighted by Gasteiger charge is 2.37. The molecule has 0 fully saturated rings. The van der Waals surface area contributed by atoms with Crippen molar-refractivity contribution in [1.82, 2.24) is 4.90 Å². The Hall–Kier alpha value is -3.65. The molecule has 1 atom stereocenters. The van der Waals surface area contributed by atoms with Crippen LogP contribution in [-0.2, 0) is 22.6 Å². The Morgan fingerprint density at radius 1 is 1.06 bits per heavy atom. The monoisotopic (exact) mass is 487 g/mol. The van der Waals surface area contributed by atoms with Crippen molar-refractivity contribution in [2.45, 2.75) is 19.1 Å². The van der Waals surface area contributed by atoms with E-state index < -0.39 is 36.3 Å². The number of carbonyl (C=O) groups excluding carboxylic acids is 1. The largest absolute Gasteiger partial charge is 0.482 e. The summed E-state index contributed by atoms with van der Waals surface area (Å²) in [5.41, 5.74) is 1.58. The van der Waals surface area contributed by atoms with Gasteiger partial charge >= 0.3 is 12.1 Å². The van der Waals surface area contributed by atoms with Gasteiger partial charge in [0.25, 0.3) is 0 Å². The predicted molar refractivity (Wildman–Crippen MR) is 120 cm³/mol. The molecule has 1 aliphatic rings. The summed E-state index contributed by atoms with van der Waals surface area (Å²) < 4.78 is 39.6. The van der Waals surface area contributed by atoms with Crippen LogP contribution >= 0.6 is 11.6 Å². The normalized spacial score (nSPS) is 14.9. The molecular formula is C25H20ClF2NO5. The average molecular weight is 488 g/mol. The maximum absolute atomic E-state index is 14.7. The molecule has 1 heterocycles. The van der Waals surface area contributed by atoms with Gasteiger partial charge in [0.15, 0.2) is 18.2 Å². The Balaban J connectivity index is 1.75. The van der Waals surface area contributed by atoms with Gasteiger partial charge in [-0.1, -0.05) is 48.0 Å². The van der Waals surface area contributed by atoms with Crippen molar-refractivity contribution >= 4 is 23.7 Å². The molecule has 0 spiro atoms. The van der Waals surface area contributed by atoms with Crippen molar-refractivity contribution in [2.75, 3.05) is 13.2 Å². The number of fused-ring (bicyclic) bond motifs is 1. The zero-order chi connectivity index (χ0) is 24.2. The lowest BCUT2D eigenvalue weighted by Gasteiger charge is -2.37.